The van der Waals surface area contributed by atoms with E-state index in [9.17, 15) is 4.79 Å². The summed E-state index contributed by atoms with van der Waals surface area (Å²) in [6.45, 7) is 5.56. The second kappa shape index (κ2) is 4.73. The first-order chi connectivity index (χ1) is 8.79. The summed E-state index contributed by atoms with van der Waals surface area (Å²) in [7, 11) is 0. The molecule has 0 saturated carbocycles. The topological polar surface area (TPSA) is 23.6 Å². The van der Waals surface area contributed by atoms with E-state index in [1.807, 2.05) is 12.1 Å². The molecule has 0 atom stereocenters. The van der Waals surface area contributed by atoms with Crippen molar-refractivity contribution in [1.82, 2.24) is 4.90 Å². The van der Waals surface area contributed by atoms with E-state index in [0.29, 0.717) is 12.5 Å². The third kappa shape index (κ3) is 1.93. The molecule has 2 heterocycles. The van der Waals surface area contributed by atoms with Crippen molar-refractivity contribution < 1.29 is 4.79 Å². The molecule has 0 bridgehead atoms. The highest BCUT2D eigenvalue weighted by molar-refractivity contribution is 6.01. The van der Waals surface area contributed by atoms with E-state index in [1.54, 1.807) is 0 Å². The van der Waals surface area contributed by atoms with Gasteiger partial charge in [0.2, 0.25) is 5.91 Å². The van der Waals surface area contributed by atoms with Gasteiger partial charge < -0.3 is 9.80 Å². The molecule has 0 aromatic heterocycles. The van der Waals surface area contributed by atoms with Gasteiger partial charge in [0.15, 0.2) is 0 Å². The second-order valence-electron chi connectivity index (χ2n) is 5.23. The minimum absolute atomic E-state index is 0.283. The predicted octanol–water partition coefficient (Wildman–Crippen LogP) is 2.06. The van der Waals surface area contributed by atoms with Crippen LogP contribution in [0.5, 0.6) is 0 Å². The lowest BCUT2D eigenvalue weighted by atomic mass is 10.0. The Hall–Kier alpha value is -1.35. The summed E-state index contributed by atoms with van der Waals surface area (Å²) < 4.78 is 0. The van der Waals surface area contributed by atoms with Crippen molar-refractivity contribution in [3.63, 3.8) is 0 Å². The van der Waals surface area contributed by atoms with Crippen LogP contribution >= 0.6 is 0 Å². The molecule has 3 rings (SSSR count). The van der Waals surface area contributed by atoms with Crippen LogP contribution in [0, 0.1) is 0 Å². The number of hydrogen-bond donors (Lipinski definition) is 0. The van der Waals surface area contributed by atoms with E-state index in [0.717, 1.165) is 38.2 Å². The van der Waals surface area contributed by atoms with Gasteiger partial charge in [0.1, 0.15) is 0 Å². The van der Waals surface area contributed by atoms with Crippen molar-refractivity contribution in [2.24, 2.45) is 0 Å². The largest absolute Gasteiger partial charge is 0.309 e. The third-order valence-electron chi connectivity index (χ3n) is 4.23. The smallest absolute Gasteiger partial charge is 0.231 e. The van der Waals surface area contributed by atoms with E-state index >= 15 is 0 Å². The van der Waals surface area contributed by atoms with Crippen LogP contribution in [0.15, 0.2) is 24.3 Å². The molecule has 1 saturated heterocycles. The molecule has 1 aromatic carbocycles. The Balaban J connectivity index is 1.79. The number of rotatable bonds is 2. The zero-order valence-electron chi connectivity index (χ0n) is 10.9. The first kappa shape index (κ1) is 11.7. The number of carbonyl (C=O) groups is 1. The average molecular weight is 244 g/mol. The highest BCUT2D eigenvalue weighted by atomic mass is 16.2. The maximum atomic E-state index is 12.2. The number of piperidine rings is 1. The van der Waals surface area contributed by atoms with E-state index in [4.69, 9.17) is 0 Å². The van der Waals surface area contributed by atoms with Crippen LogP contribution in [-0.2, 0) is 11.2 Å². The first-order valence-corrected chi connectivity index (χ1v) is 6.92. The molecular weight excluding hydrogens is 224 g/mol. The quantitative estimate of drug-likeness (QED) is 0.795. The number of anilines is 1. The molecule has 1 aromatic rings. The fourth-order valence-corrected chi connectivity index (χ4v) is 3.17. The van der Waals surface area contributed by atoms with Crippen LogP contribution in [-0.4, -0.2) is 36.5 Å². The van der Waals surface area contributed by atoms with Gasteiger partial charge in [-0.05, 0) is 31.0 Å². The SMILES string of the molecule is CCN1CCC(N2C(=O)Cc3ccccc32)CC1. The van der Waals surface area contributed by atoms with Gasteiger partial charge in [-0.3, -0.25) is 4.79 Å². The summed E-state index contributed by atoms with van der Waals surface area (Å²) in [5.74, 6) is 0.283. The zero-order chi connectivity index (χ0) is 12.5. The Labute approximate surface area is 108 Å². The number of hydrogen-bond acceptors (Lipinski definition) is 2. The van der Waals surface area contributed by atoms with Crippen LogP contribution in [0.25, 0.3) is 0 Å². The van der Waals surface area contributed by atoms with E-state index in [2.05, 4.69) is 28.9 Å². The highest BCUT2D eigenvalue weighted by Gasteiger charge is 2.34. The standard InChI is InChI=1S/C15H20N2O/c1-2-16-9-7-13(8-10-16)17-14-6-4-3-5-12(14)11-15(17)18/h3-6,13H,2,7-11H2,1H3. The molecule has 0 unspecified atom stereocenters. The van der Waals surface area contributed by atoms with Gasteiger partial charge in [-0.15, -0.1) is 0 Å². The molecule has 1 fully saturated rings. The maximum absolute atomic E-state index is 12.2. The Bertz CT molecular complexity index is 450. The van der Waals surface area contributed by atoms with Crippen LogP contribution < -0.4 is 4.90 Å². The number of benzene rings is 1. The molecule has 0 radical (unpaired) electrons. The van der Waals surface area contributed by atoms with Crippen molar-refractivity contribution in [3.8, 4) is 0 Å². The molecule has 1 amide bonds. The Morgan fingerprint density at radius 3 is 2.67 bits per heavy atom. The van der Waals surface area contributed by atoms with E-state index in [1.165, 1.54) is 5.56 Å². The van der Waals surface area contributed by atoms with Gasteiger partial charge in [-0.25, -0.2) is 0 Å². The molecule has 0 aliphatic carbocycles. The number of fused-ring (bicyclic) bond motifs is 1. The van der Waals surface area contributed by atoms with Crippen molar-refractivity contribution in [2.75, 3.05) is 24.5 Å². The Morgan fingerprint density at radius 1 is 1.22 bits per heavy atom. The lowest BCUT2D eigenvalue weighted by Crippen LogP contribution is -2.46. The molecule has 3 nitrogen and oxygen atoms in total. The van der Waals surface area contributed by atoms with E-state index in [-0.39, 0.29) is 5.91 Å². The molecular formula is C15H20N2O. The van der Waals surface area contributed by atoms with Crippen LogP contribution in [0.1, 0.15) is 25.3 Å². The van der Waals surface area contributed by atoms with Crippen molar-refractivity contribution in [2.45, 2.75) is 32.2 Å². The third-order valence-corrected chi connectivity index (χ3v) is 4.23. The van der Waals surface area contributed by atoms with Crippen LogP contribution in [0.2, 0.25) is 0 Å². The number of para-hydroxylation sites is 1. The molecule has 0 N–H and O–H groups in total. The summed E-state index contributed by atoms with van der Waals surface area (Å²) in [5, 5.41) is 0. The normalized spacial score (nSPS) is 21.4. The summed E-state index contributed by atoms with van der Waals surface area (Å²) in [6.07, 6.45) is 2.80. The number of nitrogens with zero attached hydrogens (tertiary/aromatic N) is 2. The van der Waals surface area contributed by atoms with Gasteiger partial charge in [0.25, 0.3) is 0 Å². The second-order valence-corrected chi connectivity index (χ2v) is 5.23. The summed E-state index contributed by atoms with van der Waals surface area (Å²) in [6, 6.07) is 8.63. The Morgan fingerprint density at radius 2 is 1.94 bits per heavy atom. The molecule has 2 aliphatic rings. The van der Waals surface area contributed by atoms with Gasteiger partial charge in [-0.2, -0.15) is 0 Å². The summed E-state index contributed by atoms with van der Waals surface area (Å²) >= 11 is 0. The minimum atomic E-state index is 0.283. The number of carbonyl (C=O) groups excluding carboxylic acids is 1. The number of likely N-dealkylation sites (tertiary alicyclic amines) is 1. The van der Waals surface area contributed by atoms with Crippen molar-refractivity contribution >= 4 is 11.6 Å². The lowest BCUT2D eigenvalue weighted by Gasteiger charge is -2.36. The lowest BCUT2D eigenvalue weighted by molar-refractivity contribution is -0.118. The average Bonchev–Trinajstić information content (AvgIpc) is 2.75. The number of amides is 1. The zero-order valence-corrected chi connectivity index (χ0v) is 10.9. The molecule has 0 spiro atoms. The molecule has 96 valence electrons. The fourth-order valence-electron chi connectivity index (χ4n) is 3.17. The van der Waals surface area contributed by atoms with Crippen LogP contribution in [0.4, 0.5) is 5.69 Å². The van der Waals surface area contributed by atoms with Crippen LogP contribution in [0.3, 0.4) is 0 Å². The predicted molar refractivity (Wildman–Crippen MR) is 72.8 cm³/mol. The van der Waals surface area contributed by atoms with Gasteiger partial charge in [0, 0.05) is 24.8 Å². The molecule has 3 heteroatoms. The van der Waals surface area contributed by atoms with E-state index < -0.39 is 0 Å². The monoisotopic (exact) mass is 244 g/mol. The first-order valence-electron chi connectivity index (χ1n) is 6.92. The highest BCUT2D eigenvalue weighted by Crippen LogP contribution is 2.33. The van der Waals surface area contributed by atoms with Crippen molar-refractivity contribution in [3.05, 3.63) is 29.8 Å². The van der Waals surface area contributed by atoms with Gasteiger partial charge in [-0.1, -0.05) is 25.1 Å². The summed E-state index contributed by atoms with van der Waals surface area (Å²) in [4.78, 5) is 16.7. The molecule has 18 heavy (non-hydrogen) atoms. The van der Waals surface area contributed by atoms with Gasteiger partial charge in [0.05, 0.1) is 6.42 Å². The minimum Gasteiger partial charge on any atom is -0.309 e. The maximum Gasteiger partial charge on any atom is 0.231 e. The van der Waals surface area contributed by atoms with Gasteiger partial charge >= 0.3 is 0 Å². The summed E-state index contributed by atoms with van der Waals surface area (Å²) in [5.41, 5.74) is 2.35. The van der Waals surface area contributed by atoms with Crippen molar-refractivity contribution in [1.29, 1.82) is 0 Å². The molecule has 2 aliphatic heterocycles. The fraction of sp³-hybridized carbons (Fsp3) is 0.533. The Kier molecular flexibility index (Phi) is 3.08.